The zero-order valence-corrected chi connectivity index (χ0v) is 16.3. The number of hydrogen-bond donors (Lipinski definition) is 1. The van der Waals surface area contributed by atoms with Crippen LogP contribution in [0.2, 0.25) is 0 Å². The van der Waals surface area contributed by atoms with Crippen molar-refractivity contribution in [2.45, 2.75) is 69.4 Å². The third-order valence-corrected chi connectivity index (χ3v) is 7.60. The van der Waals surface area contributed by atoms with Gasteiger partial charge in [-0.15, -0.1) is 0 Å². The van der Waals surface area contributed by atoms with Gasteiger partial charge in [-0.05, 0) is 61.1 Å². The van der Waals surface area contributed by atoms with Crippen LogP contribution in [0.4, 0.5) is 11.4 Å². The molecular weight excluding hydrogens is 328 g/mol. The van der Waals surface area contributed by atoms with Crippen LogP contribution in [0, 0.1) is 11.8 Å². The highest BCUT2D eigenvalue weighted by Crippen LogP contribution is 2.54. The van der Waals surface area contributed by atoms with E-state index >= 15 is 0 Å². The van der Waals surface area contributed by atoms with Crippen LogP contribution >= 0.6 is 0 Å². The minimum Gasteiger partial charge on any atom is -0.397 e. The third-order valence-electron chi connectivity index (χ3n) is 7.60. The van der Waals surface area contributed by atoms with Crippen LogP contribution in [0.1, 0.15) is 62.8 Å². The summed E-state index contributed by atoms with van der Waals surface area (Å²) in [4.78, 5) is 2.81. The summed E-state index contributed by atoms with van der Waals surface area (Å²) >= 11 is 0. The molecule has 0 aromatic heterocycles. The molecule has 5 rings (SSSR count). The highest BCUT2D eigenvalue weighted by Gasteiger charge is 2.50. The molecule has 2 aliphatic carbocycles. The van der Waals surface area contributed by atoms with Crippen molar-refractivity contribution in [3.8, 4) is 0 Å². The Morgan fingerprint density at radius 1 is 0.667 bits per heavy atom. The van der Waals surface area contributed by atoms with Gasteiger partial charge in [-0.1, -0.05) is 68.1 Å². The predicted octanol–water partition coefficient (Wildman–Crippen LogP) is 5.99. The second-order valence-corrected chi connectivity index (χ2v) is 8.93. The molecule has 27 heavy (non-hydrogen) atoms. The normalized spacial score (nSPS) is 33.2. The van der Waals surface area contributed by atoms with Crippen LogP contribution in [-0.4, -0.2) is 12.1 Å². The third kappa shape index (κ3) is 2.94. The van der Waals surface area contributed by atoms with Gasteiger partial charge < -0.3 is 10.6 Å². The van der Waals surface area contributed by atoms with E-state index < -0.39 is 0 Å². The topological polar surface area (TPSA) is 29.3 Å². The quantitative estimate of drug-likeness (QED) is 0.667. The first kappa shape index (κ1) is 17.2. The van der Waals surface area contributed by atoms with Crippen LogP contribution in [0.15, 0.2) is 54.6 Å². The number of nitrogens with zero attached hydrogens (tertiary/aromatic N) is 1. The molecule has 3 aliphatic rings. The zero-order chi connectivity index (χ0) is 18.2. The summed E-state index contributed by atoms with van der Waals surface area (Å²) < 4.78 is 0. The number of fused-ring (bicyclic) bond motifs is 2. The standard InChI is InChI=1S/C25H32N2/c26-21-14-6-9-17-24(21)27-22-15-7-4-12-19(22)25(18-10-2-1-3-11-18)20-13-5-8-16-23(20)27/h1-3,6,9-11,14,17,19-20,22-23,25H,4-5,7-8,12-13,15-16,26H2. The van der Waals surface area contributed by atoms with Crippen molar-refractivity contribution >= 4 is 11.4 Å². The molecule has 3 fully saturated rings. The summed E-state index contributed by atoms with van der Waals surface area (Å²) in [6.07, 6.45) is 10.9. The van der Waals surface area contributed by atoms with Crippen LogP contribution < -0.4 is 10.6 Å². The van der Waals surface area contributed by atoms with Crippen LogP contribution in [-0.2, 0) is 0 Å². The molecule has 4 unspecified atom stereocenters. The predicted molar refractivity (Wildman–Crippen MR) is 114 cm³/mol. The van der Waals surface area contributed by atoms with Gasteiger partial charge in [0.05, 0.1) is 11.4 Å². The van der Waals surface area contributed by atoms with E-state index in [1.807, 2.05) is 0 Å². The minimum absolute atomic E-state index is 0.646. The number of rotatable bonds is 2. The first-order chi connectivity index (χ1) is 13.3. The molecule has 1 saturated heterocycles. The number of piperidine rings is 1. The molecular formula is C25H32N2. The van der Waals surface area contributed by atoms with Gasteiger partial charge in [0.15, 0.2) is 0 Å². The number of benzene rings is 2. The van der Waals surface area contributed by atoms with Gasteiger partial charge in [-0.2, -0.15) is 0 Å². The van der Waals surface area contributed by atoms with Gasteiger partial charge in [-0.25, -0.2) is 0 Å². The molecule has 1 aliphatic heterocycles. The van der Waals surface area contributed by atoms with E-state index in [1.165, 1.54) is 57.1 Å². The number of anilines is 2. The van der Waals surface area contributed by atoms with Crippen molar-refractivity contribution < 1.29 is 0 Å². The van der Waals surface area contributed by atoms with Gasteiger partial charge in [0.1, 0.15) is 0 Å². The Hall–Kier alpha value is -1.96. The first-order valence-corrected chi connectivity index (χ1v) is 11.0. The largest absolute Gasteiger partial charge is 0.397 e. The van der Waals surface area contributed by atoms with Gasteiger partial charge in [0.25, 0.3) is 0 Å². The van der Waals surface area contributed by atoms with E-state index in [0.717, 1.165) is 23.4 Å². The van der Waals surface area contributed by atoms with Gasteiger partial charge in [-0.3, -0.25) is 0 Å². The maximum atomic E-state index is 6.50. The molecule has 2 aromatic rings. The molecule has 142 valence electrons. The number of hydrogen-bond acceptors (Lipinski definition) is 2. The fourth-order valence-corrected chi connectivity index (χ4v) is 6.62. The van der Waals surface area contributed by atoms with E-state index in [9.17, 15) is 0 Å². The Morgan fingerprint density at radius 2 is 1.22 bits per heavy atom. The van der Waals surface area contributed by atoms with Crippen molar-refractivity contribution in [3.05, 3.63) is 60.2 Å². The molecule has 2 N–H and O–H groups in total. The molecule has 2 heteroatoms. The monoisotopic (exact) mass is 360 g/mol. The lowest BCUT2D eigenvalue weighted by Crippen LogP contribution is -2.60. The maximum Gasteiger partial charge on any atom is 0.0605 e. The van der Waals surface area contributed by atoms with Crippen molar-refractivity contribution in [1.82, 2.24) is 0 Å². The Bertz CT molecular complexity index is 747. The fraction of sp³-hybridized carbons (Fsp3) is 0.520. The number of para-hydroxylation sites is 2. The fourth-order valence-electron chi connectivity index (χ4n) is 6.62. The molecule has 4 atom stereocenters. The molecule has 1 heterocycles. The van der Waals surface area contributed by atoms with Crippen LogP contribution in [0.3, 0.4) is 0 Å². The number of nitrogen functional groups attached to an aromatic ring is 1. The lowest BCUT2D eigenvalue weighted by atomic mass is 9.59. The summed E-state index contributed by atoms with van der Waals surface area (Å²) in [6, 6.07) is 21.4. The van der Waals surface area contributed by atoms with E-state index in [-0.39, 0.29) is 0 Å². The smallest absolute Gasteiger partial charge is 0.0605 e. The van der Waals surface area contributed by atoms with E-state index in [0.29, 0.717) is 12.1 Å². The summed E-state index contributed by atoms with van der Waals surface area (Å²) in [5, 5.41) is 0. The van der Waals surface area contributed by atoms with Gasteiger partial charge in [0, 0.05) is 12.1 Å². The van der Waals surface area contributed by atoms with Crippen molar-refractivity contribution in [2.75, 3.05) is 10.6 Å². The summed E-state index contributed by atoms with van der Waals surface area (Å²) in [7, 11) is 0. The second-order valence-electron chi connectivity index (χ2n) is 8.93. The molecule has 0 spiro atoms. The summed E-state index contributed by atoms with van der Waals surface area (Å²) in [6.45, 7) is 0. The molecule has 2 saturated carbocycles. The molecule has 2 nitrogen and oxygen atoms in total. The van der Waals surface area contributed by atoms with Crippen LogP contribution in [0.5, 0.6) is 0 Å². The molecule has 0 radical (unpaired) electrons. The molecule has 2 aromatic carbocycles. The van der Waals surface area contributed by atoms with Crippen molar-refractivity contribution in [1.29, 1.82) is 0 Å². The van der Waals surface area contributed by atoms with Gasteiger partial charge >= 0.3 is 0 Å². The Labute approximate surface area is 163 Å². The maximum absolute atomic E-state index is 6.50. The first-order valence-electron chi connectivity index (χ1n) is 11.0. The van der Waals surface area contributed by atoms with E-state index in [4.69, 9.17) is 5.73 Å². The SMILES string of the molecule is Nc1ccccc1N1C2CCCCC2C(c2ccccc2)C2CCCCC21. The lowest BCUT2D eigenvalue weighted by Gasteiger charge is -2.59. The summed E-state index contributed by atoms with van der Waals surface area (Å²) in [5.74, 6) is 2.25. The highest BCUT2D eigenvalue weighted by atomic mass is 15.2. The van der Waals surface area contributed by atoms with Crippen LogP contribution in [0.25, 0.3) is 0 Å². The Morgan fingerprint density at radius 3 is 1.85 bits per heavy atom. The number of nitrogens with two attached hydrogens (primary N) is 1. The highest BCUT2D eigenvalue weighted by molar-refractivity contribution is 5.69. The molecule has 0 amide bonds. The van der Waals surface area contributed by atoms with Crippen molar-refractivity contribution in [2.24, 2.45) is 11.8 Å². The molecule has 0 bridgehead atoms. The Balaban J connectivity index is 1.61. The van der Waals surface area contributed by atoms with E-state index in [2.05, 4.69) is 59.5 Å². The van der Waals surface area contributed by atoms with Crippen molar-refractivity contribution in [3.63, 3.8) is 0 Å². The average molecular weight is 361 g/mol. The van der Waals surface area contributed by atoms with E-state index in [1.54, 1.807) is 5.56 Å². The minimum atomic E-state index is 0.646. The summed E-state index contributed by atoms with van der Waals surface area (Å²) in [5.41, 5.74) is 10.4. The Kier molecular flexibility index (Phi) is 4.59. The zero-order valence-electron chi connectivity index (χ0n) is 16.3. The average Bonchev–Trinajstić information content (AvgIpc) is 2.73. The lowest BCUT2D eigenvalue weighted by molar-refractivity contribution is 0.0985. The van der Waals surface area contributed by atoms with Gasteiger partial charge in [0.2, 0.25) is 0 Å². The second kappa shape index (κ2) is 7.22.